The van der Waals surface area contributed by atoms with E-state index in [0.717, 1.165) is 20.4 Å². The summed E-state index contributed by atoms with van der Waals surface area (Å²) in [5.74, 6) is 0.868. The van der Waals surface area contributed by atoms with Crippen LogP contribution >= 0.6 is 22.6 Å². The molecule has 1 aromatic heterocycles. The molecule has 1 N–H and O–H groups in total. The predicted octanol–water partition coefficient (Wildman–Crippen LogP) is 2.95. The van der Waals surface area contributed by atoms with Gasteiger partial charge in [-0.2, -0.15) is 5.10 Å². The van der Waals surface area contributed by atoms with Gasteiger partial charge < -0.3 is 4.74 Å². The van der Waals surface area contributed by atoms with E-state index in [0.29, 0.717) is 0 Å². The number of hydrogen-bond donors (Lipinski definition) is 1. The molecule has 2 rings (SSSR count). The monoisotopic (exact) mass is 302 g/mol. The first-order valence-corrected chi connectivity index (χ1v) is 5.55. The highest BCUT2D eigenvalue weighted by molar-refractivity contribution is 14.1. The SMILES string of the molecule is CC(C)Oc1cccc2c(I)n[nH]c12. The predicted molar refractivity (Wildman–Crippen MR) is 64.6 cm³/mol. The van der Waals surface area contributed by atoms with E-state index >= 15 is 0 Å². The molecule has 3 nitrogen and oxygen atoms in total. The molecule has 0 saturated heterocycles. The maximum atomic E-state index is 5.67. The van der Waals surface area contributed by atoms with Gasteiger partial charge in [0.05, 0.1) is 6.10 Å². The zero-order valence-corrected chi connectivity index (χ0v) is 10.2. The van der Waals surface area contributed by atoms with Gasteiger partial charge >= 0.3 is 0 Å². The van der Waals surface area contributed by atoms with Gasteiger partial charge in [-0.05, 0) is 48.6 Å². The van der Waals surface area contributed by atoms with Crippen LogP contribution < -0.4 is 4.74 Å². The van der Waals surface area contributed by atoms with Crippen molar-refractivity contribution in [2.75, 3.05) is 0 Å². The Hall–Kier alpha value is -0.780. The van der Waals surface area contributed by atoms with Crippen molar-refractivity contribution in [2.24, 2.45) is 0 Å². The third-order valence-electron chi connectivity index (χ3n) is 1.88. The number of para-hydroxylation sites is 1. The normalized spacial score (nSPS) is 11.1. The van der Waals surface area contributed by atoms with Crippen LogP contribution in [0.2, 0.25) is 0 Å². The van der Waals surface area contributed by atoms with E-state index in [4.69, 9.17) is 4.74 Å². The van der Waals surface area contributed by atoms with Crippen LogP contribution in [0.1, 0.15) is 13.8 Å². The largest absolute Gasteiger partial charge is 0.489 e. The van der Waals surface area contributed by atoms with Crippen molar-refractivity contribution < 1.29 is 4.74 Å². The Morgan fingerprint density at radius 2 is 2.21 bits per heavy atom. The van der Waals surface area contributed by atoms with Crippen LogP contribution in [0.3, 0.4) is 0 Å². The molecule has 1 heterocycles. The molecule has 4 heteroatoms. The van der Waals surface area contributed by atoms with Crippen molar-refractivity contribution in [2.45, 2.75) is 20.0 Å². The maximum Gasteiger partial charge on any atom is 0.145 e. The lowest BCUT2D eigenvalue weighted by Crippen LogP contribution is -2.05. The number of nitrogens with zero attached hydrogens (tertiary/aromatic N) is 1. The number of benzene rings is 1. The van der Waals surface area contributed by atoms with Gasteiger partial charge in [-0.3, -0.25) is 5.10 Å². The molecule has 0 aliphatic carbocycles. The van der Waals surface area contributed by atoms with Gasteiger partial charge in [0.1, 0.15) is 15.0 Å². The molecule has 0 unspecified atom stereocenters. The highest BCUT2D eigenvalue weighted by Gasteiger charge is 2.08. The van der Waals surface area contributed by atoms with Gasteiger partial charge in [-0.1, -0.05) is 6.07 Å². The molecule has 0 fully saturated rings. The quantitative estimate of drug-likeness (QED) is 0.866. The second-order valence-corrected chi connectivity index (χ2v) is 4.38. The topological polar surface area (TPSA) is 37.9 Å². The van der Waals surface area contributed by atoms with Crippen LogP contribution in [0.25, 0.3) is 10.9 Å². The van der Waals surface area contributed by atoms with E-state index in [1.807, 2.05) is 32.0 Å². The van der Waals surface area contributed by atoms with E-state index in [9.17, 15) is 0 Å². The summed E-state index contributed by atoms with van der Waals surface area (Å²) in [6, 6.07) is 5.97. The molecule has 0 spiro atoms. The zero-order chi connectivity index (χ0) is 10.1. The summed E-state index contributed by atoms with van der Waals surface area (Å²) in [6.45, 7) is 4.03. The Balaban J connectivity index is 2.54. The summed E-state index contributed by atoms with van der Waals surface area (Å²) < 4.78 is 6.64. The zero-order valence-electron chi connectivity index (χ0n) is 8.04. The molecule has 0 saturated carbocycles. The number of H-pyrrole nitrogens is 1. The average molecular weight is 302 g/mol. The number of rotatable bonds is 2. The van der Waals surface area contributed by atoms with Crippen LogP contribution in [0, 0.1) is 3.70 Å². The molecular formula is C10H11IN2O. The van der Waals surface area contributed by atoms with Crippen LogP contribution in [0.15, 0.2) is 18.2 Å². The first-order chi connectivity index (χ1) is 6.68. The Labute approximate surface area is 96.0 Å². The lowest BCUT2D eigenvalue weighted by molar-refractivity contribution is 0.245. The van der Waals surface area contributed by atoms with Crippen molar-refractivity contribution in [3.8, 4) is 5.75 Å². The van der Waals surface area contributed by atoms with Crippen molar-refractivity contribution in [1.29, 1.82) is 0 Å². The minimum absolute atomic E-state index is 0.182. The molecule has 74 valence electrons. The average Bonchev–Trinajstić information content (AvgIpc) is 2.49. The minimum Gasteiger partial charge on any atom is -0.489 e. The van der Waals surface area contributed by atoms with Crippen molar-refractivity contribution in [3.05, 3.63) is 21.9 Å². The Bertz CT molecular complexity index is 450. The number of ether oxygens (including phenoxy) is 1. The second kappa shape index (κ2) is 3.76. The van der Waals surface area contributed by atoms with Gasteiger partial charge in [0.15, 0.2) is 0 Å². The van der Waals surface area contributed by atoms with Crippen LogP contribution in [0.5, 0.6) is 5.75 Å². The fourth-order valence-corrected chi connectivity index (χ4v) is 1.91. The Morgan fingerprint density at radius 3 is 2.93 bits per heavy atom. The number of nitrogens with one attached hydrogen (secondary N) is 1. The van der Waals surface area contributed by atoms with Gasteiger partial charge in [-0.15, -0.1) is 0 Å². The molecule has 1 aromatic carbocycles. The number of hydrogen-bond acceptors (Lipinski definition) is 2. The van der Waals surface area contributed by atoms with E-state index in [1.165, 1.54) is 0 Å². The summed E-state index contributed by atoms with van der Waals surface area (Å²) in [5, 5.41) is 8.24. The summed E-state index contributed by atoms with van der Waals surface area (Å²) in [5.41, 5.74) is 0.977. The fraction of sp³-hybridized carbons (Fsp3) is 0.300. The van der Waals surface area contributed by atoms with Crippen molar-refractivity contribution >= 4 is 33.5 Å². The standard InChI is InChI=1S/C10H11IN2O/c1-6(2)14-8-5-3-4-7-9(8)12-13-10(7)11/h3-6H,1-2H3,(H,12,13). The second-order valence-electron chi connectivity index (χ2n) is 3.36. The Morgan fingerprint density at radius 1 is 1.43 bits per heavy atom. The third kappa shape index (κ3) is 1.70. The molecule has 2 aromatic rings. The summed E-state index contributed by atoms with van der Waals surface area (Å²) >= 11 is 2.21. The lowest BCUT2D eigenvalue weighted by atomic mass is 10.2. The van der Waals surface area contributed by atoms with Crippen molar-refractivity contribution in [1.82, 2.24) is 10.2 Å². The first-order valence-electron chi connectivity index (χ1n) is 4.47. The molecule has 0 aliphatic heterocycles. The van der Waals surface area contributed by atoms with Crippen LogP contribution in [-0.4, -0.2) is 16.3 Å². The molecule has 0 radical (unpaired) electrons. The molecule has 14 heavy (non-hydrogen) atoms. The van der Waals surface area contributed by atoms with E-state index in [-0.39, 0.29) is 6.10 Å². The van der Waals surface area contributed by atoms with Gasteiger partial charge in [0.2, 0.25) is 0 Å². The lowest BCUT2D eigenvalue weighted by Gasteiger charge is -2.09. The molecule has 0 bridgehead atoms. The smallest absolute Gasteiger partial charge is 0.145 e. The van der Waals surface area contributed by atoms with Gasteiger partial charge in [0.25, 0.3) is 0 Å². The number of aromatic amines is 1. The van der Waals surface area contributed by atoms with Crippen LogP contribution in [-0.2, 0) is 0 Å². The highest BCUT2D eigenvalue weighted by Crippen LogP contribution is 2.26. The summed E-state index contributed by atoms with van der Waals surface area (Å²) in [4.78, 5) is 0. The van der Waals surface area contributed by atoms with E-state index < -0.39 is 0 Å². The number of aromatic nitrogens is 2. The highest BCUT2D eigenvalue weighted by atomic mass is 127. The maximum absolute atomic E-state index is 5.67. The molecule has 0 amide bonds. The molecule has 0 aliphatic rings. The first kappa shape index (κ1) is 9.76. The minimum atomic E-state index is 0.182. The molecular weight excluding hydrogens is 291 g/mol. The molecule has 0 atom stereocenters. The Kier molecular flexibility index (Phi) is 2.62. The van der Waals surface area contributed by atoms with Gasteiger partial charge in [0, 0.05) is 5.39 Å². The third-order valence-corrected chi connectivity index (χ3v) is 2.70. The summed E-state index contributed by atoms with van der Waals surface area (Å²) in [7, 11) is 0. The van der Waals surface area contributed by atoms with E-state index in [1.54, 1.807) is 0 Å². The number of fused-ring (bicyclic) bond motifs is 1. The fourth-order valence-electron chi connectivity index (χ4n) is 1.34. The van der Waals surface area contributed by atoms with Gasteiger partial charge in [-0.25, -0.2) is 0 Å². The van der Waals surface area contributed by atoms with Crippen LogP contribution in [0.4, 0.5) is 0 Å². The van der Waals surface area contributed by atoms with E-state index in [2.05, 4.69) is 32.8 Å². The van der Waals surface area contributed by atoms with Crippen molar-refractivity contribution in [3.63, 3.8) is 0 Å². The summed E-state index contributed by atoms with van der Waals surface area (Å²) in [6.07, 6.45) is 0.182. The number of halogens is 1.